The Morgan fingerprint density at radius 1 is 1.29 bits per heavy atom. The molecule has 1 aliphatic rings. The molecule has 3 N–H and O–H groups in total. The predicted octanol–water partition coefficient (Wildman–Crippen LogP) is -0.758. The first-order valence-corrected chi connectivity index (χ1v) is 4.94. The maximum Gasteiger partial charge on any atom is 0.186 e. The summed E-state index contributed by atoms with van der Waals surface area (Å²) in [5.74, 6) is 0. The minimum absolute atomic E-state index is 0.314. The minimum atomic E-state index is -1.07. The zero-order valence-corrected chi connectivity index (χ0v) is 8.30. The van der Waals surface area contributed by atoms with Gasteiger partial charge in [0.05, 0.1) is 6.61 Å². The van der Waals surface area contributed by atoms with E-state index in [1.807, 2.05) is 6.92 Å². The molecule has 0 aromatic carbocycles. The van der Waals surface area contributed by atoms with Crippen molar-refractivity contribution >= 4 is 0 Å². The van der Waals surface area contributed by atoms with Crippen LogP contribution in [0.25, 0.3) is 0 Å². The third-order valence-corrected chi connectivity index (χ3v) is 2.28. The molecule has 1 fully saturated rings. The summed E-state index contributed by atoms with van der Waals surface area (Å²) in [4.78, 5) is 0. The molecule has 0 unspecified atom stereocenters. The van der Waals surface area contributed by atoms with Crippen molar-refractivity contribution in [2.45, 2.75) is 44.4 Å². The Morgan fingerprint density at radius 2 is 2.00 bits per heavy atom. The second-order valence-electron chi connectivity index (χ2n) is 3.43. The van der Waals surface area contributed by atoms with Gasteiger partial charge in [0, 0.05) is 6.61 Å². The van der Waals surface area contributed by atoms with Crippen molar-refractivity contribution in [3.63, 3.8) is 0 Å². The first kappa shape index (κ1) is 11.9. The lowest BCUT2D eigenvalue weighted by atomic mass is 10.1. The van der Waals surface area contributed by atoms with Crippen LogP contribution in [0.3, 0.4) is 0 Å². The van der Waals surface area contributed by atoms with Crippen LogP contribution in [0.15, 0.2) is 0 Å². The molecule has 1 rings (SSSR count). The van der Waals surface area contributed by atoms with Crippen molar-refractivity contribution < 1.29 is 24.8 Å². The Labute approximate surface area is 83.3 Å². The quantitative estimate of drug-likeness (QED) is 0.515. The fourth-order valence-electron chi connectivity index (χ4n) is 1.35. The summed E-state index contributed by atoms with van der Waals surface area (Å²) in [6.07, 6.45) is -1.80. The number of aliphatic hydroxyl groups is 3. The summed E-state index contributed by atoms with van der Waals surface area (Å²) in [7, 11) is 0. The van der Waals surface area contributed by atoms with Gasteiger partial charge in [0.25, 0.3) is 0 Å². The summed E-state index contributed by atoms with van der Waals surface area (Å²) < 4.78 is 10.3. The fraction of sp³-hybridized carbons (Fsp3) is 1.00. The standard InChI is InChI=1S/C9H18O5/c1-2-3-4-13-9-8(12)7(11)6(5-10)14-9/h6-12H,2-5H2,1H3/t6-,7-,8+,9+/m1/s1. The molecule has 84 valence electrons. The summed E-state index contributed by atoms with van der Waals surface area (Å²) in [5, 5.41) is 27.6. The van der Waals surface area contributed by atoms with Crippen LogP contribution < -0.4 is 0 Å². The average molecular weight is 206 g/mol. The molecule has 0 aromatic heterocycles. The monoisotopic (exact) mass is 206 g/mol. The molecule has 0 aromatic rings. The van der Waals surface area contributed by atoms with E-state index >= 15 is 0 Å². The van der Waals surface area contributed by atoms with Gasteiger partial charge in [-0.3, -0.25) is 0 Å². The van der Waals surface area contributed by atoms with Crippen LogP contribution in [0.1, 0.15) is 19.8 Å². The van der Waals surface area contributed by atoms with Gasteiger partial charge in [0.2, 0.25) is 0 Å². The van der Waals surface area contributed by atoms with E-state index < -0.39 is 24.6 Å². The molecule has 1 saturated heterocycles. The highest BCUT2D eigenvalue weighted by Crippen LogP contribution is 2.21. The summed E-state index contributed by atoms with van der Waals surface area (Å²) in [5.41, 5.74) is 0. The number of ether oxygens (including phenoxy) is 2. The number of hydrogen-bond donors (Lipinski definition) is 3. The van der Waals surface area contributed by atoms with Crippen LogP contribution in [0.2, 0.25) is 0 Å². The lowest BCUT2D eigenvalue weighted by molar-refractivity contribution is -0.169. The normalized spacial score (nSPS) is 37.7. The van der Waals surface area contributed by atoms with E-state index in [9.17, 15) is 10.2 Å². The van der Waals surface area contributed by atoms with Gasteiger partial charge in [-0.1, -0.05) is 13.3 Å². The molecule has 0 saturated carbocycles. The highest BCUT2D eigenvalue weighted by Gasteiger charge is 2.42. The molecule has 0 bridgehead atoms. The first-order chi connectivity index (χ1) is 6.70. The Kier molecular flexibility index (Phi) is 4.77. The third kappa shape index (κ3) is 2.65. The Balaban J connectivity index is 2.32. The van der Waals surface area contributed by atoms with E-state index in [0.717, 1.165) is 12.8 Å². The number of aliphatic hydroxyl groups excluding tert-OH is 3. The molecule has 0 aliphatic carbocycles. The van der Waals surface area contributed by atoms with Crippen molar-refractivity contribution in [3.05, 3.63) is 0 Å². The van der Waals surface area contributed by atoms with E-state index in [-0.39, 0.29) is 6.61 Å². The second-order valence-corrected chi connectivity index (χ2v) is 3.43. The van der Waals surface area contributed by atoms with Crippen molar-refractivity contribution in [1.82, 2.24) is 0 Å². The Morgan fingerprint density at radius 3 is 2.50 bits per heavy atom. The van der Waals surface area contributed by atoms with Gasteiger partial charge in [0.1, 0.15) is 18.3 Å². The minimum Gasteiger partial charge on any atom is -0.394 e. The Bertz CT molecular complexity index is 163. The summed E-state index contributed by atoms with van der Waals surface area (Å²) in [6, 6.07) is 0. The molecule has 0 amide bonds. The zero-order valence-electron chi connectivity index (χ0n) is 8.30. The molecule has 0 spiro atoms. The lowest BCUT2D eigenvalue weighted by Crippen LogP contribution is -2.34. The van der Waals surface area contributed by atoms with Gasteiger partial charge in [0.15, 0.2) is 6.29 Å². The highest BCUT2D eigenvalue weighted by molar-refractivity contribution is 4.86. The van der Waals surface area contributed by atoms with Gasteiger partial charge in [-0.2, -0.15) is 0 Å². The Hall–Kier alpha value is -0.200. The lowest BCUT2D eigenvalue weighted by Gasteiger charge is -2.14. The molecule has 5 heteroatoms. The van der Waals surface area contributed by atoms with Crippen LogP contribution in [-0.4, -0.2) is 53.1 Å². The van der Waals surface area contributed by atoms with Gasteiger partial charge in [-0.05, 0) is 6.42 Å². The maximum absolute atomic E-state index is 9.45. The number of unbranched alkanes of at least 4 members (excludes halogenated alkanes) is 1. The maximum atomic E-state index is 9.45. The molecule has 5 nitrogen and oxygen atoms in total. The number of hydrogen-bond acceptors (Lipinski definition) is 5. The molecule has 0 radical (unpaired) electrons. The van der Waals surface area contributed by atoms with E-state index in [2.05, 4.69) is 0 Å². The van der Waals surface area contributed by atoms with E-state index in [4.69, 9.17) is 14.6 Å². The topological polar surface area (TPSA) is 79.2 Å². The largest absolute Gasteiger partial charge is 0.394 e. The SMILES string of the molecule is CCCCO[C@H]1O[C@H](CO)[C@@H](O)[C@@H]1O. The van der Waals surface area contributed by atoms with Crippen LogP contribution in [-0.2, 0) is 9.47 Å². The summed E-state index contributed by atoms with van der Waals surface area (Å²) >= 11 is 0. The van der Waals surface area contributed by atoms with E-state index in [1.54, 1.807) is 0 Å². The molecule has 1 aliphatic heterocycles. The molecular weight excluding hydrogens is 188 g/mol. The van der Waals surface area contributed by atoms with Crippen molar-refractivity contribution in [1.29, 1.82) is 0 Å². The van der Waals surface area contributed by atoms with Crippen LogP contribution in [0.5, 0.6) is 0 Å². The molecule has 1 heterocycles. The van der Waals surface area contributed by atoms with Crippen molar-refractivity contribution in [2.75, 3.05) is 13.2 Å². The summed E-state index contributed by atoms with van der Waals surface area (Å²) in [6.45, 7) is 2.20. The molecule has 4 atom stereocenters. The molecular formula is C9H18O5. The average Bonchev–Trinajstić information content (AvgIpc) is 2.46. The predicted molar refractivity (Wildman–Crippen MR) is 48.6 cm³/mol. The third-order valence-electron chi connectivity index (χ3n) is 2.28. The second kappa shape index (κ2) is 5.63. The van der Waals surface area contributed by atoms with E-state index in [0.29, 0.717) is 6.61 Å². The first-order valence-electron chi connectivity index (χ1n) is 4.94. The van der Waals surface area contributed by atoms with Crippen LogP contribution >= 0.6 is 0 Å². The molecule has 14 heavy (non-hydrogen) atoms. The highest BCUT2D eigenvalue weighted by atomic mass is 16.7. The van der Waals surface area contributed by atoms with Crippen LogP contribution in [0.4, 0.5) is 0 Å². The smallest absolute Gasteiger partial charge is 0.186 e. The number of rotatable bonds is 5. The zero-order chi connectivity index (χ0) is 10.6. The van der Waals surface area contributed by atoms with Gasteiger partial charge in [-0.15, -0.1) is 0 Å². The van der Waals surface area contributed by atoms with Gasteiger partial charge < -0.3 is 24.8 Å². The van der Waals surface area contributed by atoms with Crippen molar-refractivity contribution in [3.8, 4) is 0 Å². The van der Waals surface area contributed by atoms with Crippen molar-refractivity contribution in [2.24, 2.45) is 0 Å². The fourth-order valence-corrected chi connectivity index (χ4v) is 1.35. The van der Waals surface area contributed by atoms with Gasteiger partial charge in [-0.25, -0.2) is 0 Å². The van der Waals surface area contributed by atoms with Crippen LogP contribution in [0, 0.1) is 0 Å². The van der Waals surface area contributed by atoms with E-state index in [1.165, 1.54) is 0 Å². The van der Waals surface area contributed by atoms with Gasteiger partial charge >= 0.3 is 0 Å².